The van der Waals surface area contributed by atoms with Gasteiger partial charge in [-0.1, -0.05) is 29.3 Å². The minimum absolute atomic E-state index is 0.239. The maximum atomic E-state index is 12.8. The summed E-state index contributed by atoms with van der Waals surface area (Å²) in [5.74, 6) is 0.861. The Kier molecular flexibility index (Phi) is 5.33. The number of benzene rings is 2. The Hall–Kier alpha value is -1.71. The average Bonchev–Trinajstić information content (AvgIpc) is 2.48. The number of hydrogen-bond donors (Lipinski definition) is 0. The quantitative estimate of drug-likeness (QED) is 0.724. The monoisotopic (exact) mass is 338 g/mol. The Labute approximate surface area is 139 Å². The van der Waals surface area contributed by atoms with Crippen molar-refractivity contribution < 1.29 is 14.3 Å². The lowest BCUT2D eigenvalue weighted by Gasteiger charge is -2.14. The molecule has 5 heteroatoms. The van der Waals surface area contributed by atoms with Crippen LogP contribution in [-0.2, 0) is 0 Å². The van der Waals surface area contributed by atoms with Crippen molar-refractivity contribution in [2.45, 2.75) is 13.8 Å². The van der Waals surface area contributed by atoms with E-state index in [1.807, 2.05) is 13.8 Å². The van der Waals surface area contributed by atoms with Gasteiger partial charge in [0.1, 0.15) is 0 Å². The Morgan fingerprint density at radius 3 is 2.32 bits per heavy atom. The van der Waals surface area contributed by atoms with Crippen molar-refractivity contribution in [2.24, 2.45) is 0 Å². The zero-order valence-electron chi connectivity index (χ0n) is 12.6. The van der Waals surface area contributed by atoms with Gasteiger partial charge in [-0.15, -0.1) is 0 Å². The smallest absolute Gasteiger partial charge is 0.196 e. The molecule has 0 atom stereocenters. The number of ether oxygens (including phenoxy) is 2. The van der Waals surface area contributed by atoms with E-state index in [1.54, 1.807) is 37.4 Å². The first kappa shape index (κ1) is 16.7. The molecular weight excluding hydrogens is 323 g/mol. The second-order valence-corrected chi connectivity index (χ2v) is 5.49. The molecule has 0 N–H and O–H groups in total. The molecule has 116 valence electrons. The maximum Gasteiger partial charge on any atom is 0.196 e. The van der Waals surface area contributed by atoms with Crippen molar-refractivity contribution in [3.63, 3.8) is 0 Å². The molecular formula is C17H16Cl2O3. The molecule has 0 radical (unpaired) electrons. The summed E-state index contributed by atoms with van der Waals surface area (Å²) in [5, 5.41) is 0.649. The van der Waals surface area contributed by atoms with Crippen LogP contribution < -0.4 is 9.47 Å². The van der Waals surface area contributed by atoms with E-state index in [1.165, 1.54) is 0 Å². The predicted octanol–water partition coefficient (Wildman–Crippen LogP) is 4.94. The molecule has 2 aromatic rings. The standard InChI is InChI=1S/C17H16Cl2O3/c1-4-22-15-9-11(10(2)8-14(15)21-3)17(20)16-12(18)6-5-7-13(16)19/h5-9H,4H2,1-3H3. The SMILES string of the molecule is CCOc1cc(C(=O)c2c(Cl)cccc2Cl)c(C)cc1OC. The van der Waals surface area contributed by atoms with Crippen LogP contribution in [0.15, 0.2) is 30.3 Å². The van der Waals surface area contributed by atoms with Gasteiger partial charge in [0.15, 0.2) is 17.3 Å². The van der Waals surface area contributed by atoms with Crippen LogP contribution in [0.2, 0.25) is 10.0 Å². The molecule has 0 aliphatic heterocycles. The lowest BCUT2D eigenvalue weighted by molar-refractivity contribution is 0.103. The number of carbonyl (C=O) groups is 1. The molecule has 0 heterocycles. The molecule has 22 heavy (non-hydrogen) atoms. The number of hydrogen-bond acceptors (Lipinski definition) is 3. The number of methoxy groups -OCH3 is 1. The highest BCUT2D eigenvalue weighted by Crippen LogP contribution is 2.34. The molecule has 2 rings (SSSR count). The highest BCUT2D eigenvalue weighted by atomic mass is 35.5. The lowest BCUT2D eigenvalue weighted by atomic mass is 9.98. The molecule has 0 spiro atoms. The molecule has 2 aromatic carbocycles. The highest BCUT2D eigenvalue weighted by molar-refractivity contribution is 6.41. The average molecular weight is 339 g/mol. The van der Waals surface area contributed by atoms with Crippen LogP contribution in [0.1, 0.15) is 28.4 Å². The molecule has 0 unspecified atom stereocenters. The van der Waals surface area contributed by atoms with Gasteiger partial charge in [-0.05, 0) is 43.7 Å². The first-order valence-corrected chi connectivity index (χ1v) is 7.55. The van der Waals surface area contributed by atoms with Crippen molar-refractivity contribution in [2.75, 3.05) is 13.7 Å². The molecule has 0 fully saturated rings. The van der Waals surface area contributed by atoms with Crippen molar-refractivity contribution in [3.8, 4) is 11.5 Å². The number of aryl methyl sites for hydroxylation is 1. The zero-order chi connectivity index (χ0) is 16.3. The zero-order valence-corrected chi connectivity index (χ0v) is 14.1. The van der Waals surface area contributed by atoms with Crippen LogP contribution in [0.5, 0.6) is 11.5 Å². The minimum Gasteiger partial charge on any atom is -0.493 e. The van der Waals surface area contributed by atoms with E-state index in [9.17, 15) is 4.79 Å². The third kappa shape index (κ3) is 3.21. The maximum absolute atomic E-state index is 12.8. The van der Waals surface area contributed by atoms with Crippen LogP contribution in [0.4, 0.5) is 0 Å². The topological polar surface area (TPSA) is 35.5 Å². The Morgan fingerprint density at radius 1 is 1.14 bits per heavy atom. The molecule has 0 saturated heterocycles. The highest BCUT2D eigenvalue weighted by Gasteiger charge is 2.20. The summed E-state index contributed by atoms with van der Waals surface area (Å²) < 4.78 is 10.8. The van der Waals surface area contributed by atoms with Gasteiger partial charge in [-0.2, -0.15) is 0 Å². The summed E-state index contributed by atoms with van der Waals surface area (Å²) in [7, 11) is 1.56. The van der Waals surface area contributed by atoms with E-state index in [0.717, 1.165) is 5.56 Å². The molecule has 0 saturated carbocycles. The van der Waals surface area contributed by atoms with Crippen molar-refractivity contribution in [1.82, 2.24) is 0 Å². The van der Waals surface area contributed by atoms with Gasteiger partial charge >= 0.3 is 0 Å². The number of carbonyl (C=O) groups excluding carboxylic acids is 1. The fourth-order valence-corrected chi connectivity index (χ4v) is 2.75. The lowest BCUT2D eigenvalue weighted by Crippen LogP contribution is -2.07. The Balaban J connectivity index is 2.56. The molecule has 0 aliphatic carbocycles. The summed E-state index contributed by atoms with van der Waals surface area (Å²) in [6.45, 7) is 4.17. The minimum atomic E-state index is -0.239. The van der Waals surface area contributed by atoms with Crippen LogP contribution in [0.25, 0.3) is 0 Å². The van der Waals surface area contributed by atoms with E-state index >= 15 is 0 Å². The number of rotatable bonds is 5. The van der Waals surface area contributed by atoms with E-state index in [2.05, 4.69) is 0 Å². The van der Waals surface area contributed by atoms with Crippen LogP contribution in [0, 0.1) is 6.92 Å². The summed E-state index contributed by atoms with van der Waals surface area (Å²) in [4.78, 5) is 12.8. The van der Waals surface area contributed by atoms with E-state index in [-0.39, 0.29) is 5.78 Å². The van der Waals surface area contributed by atoms with Crippen LogP contribution in [0.3, 0.4) is 0 Å². The van der Waals surface area contributed by atoms with Crippen LogP contribution >= 0.6 is 23.2 Å². The first-order valence-electron chi connectivity index (χ1n) is 6.79. The van der Waals surface area contributed by atoms with Crippen molar-refractivity contribution >= 4 is 29.0 Å². The molecule has 0 aromatic heterocycles. The summed E-state index contributed by atoms with van der Waals surface area (Å²) in [6.07, 6.45) is 0. The molecule has 3 nitrogen and oxygen atoms in total. The largest absolute Gasteiger partial charge is 0.493 e. The Morgan fingerprint density at radius 2 is 1.77 bits per heavy atom. The van der Waals surface area contributed by atoms with Gasteiger partial charge in [-0.3, -0.25) is 4.79 Å². The van der Waals surface area contributed by atoms with Gasteiger partial charge < -0.3 is 9.47 Å². The summed E-state index contributed by atoms with van der Waals surface area (Å²) >= 11 is 12.2. The summed E-state index contributed by atoms with van der Waals surface area (Å²) in [6, 6.07) is 8.42. The van der Waals surface area contributed by atoms with E-state index < -0.39 is 0 Å². The number of ketones is 1. The molecule has 0 amide bonds. The van der Waals surface area contributed by atoms with Crippen LogP contribution in [-0.4, -0.2) is 19.5 Å². The van der Waals surface area contributed by atoms with Gasteiger partial charge in [0.2, 0.25) is 0 Å². The molecule has 0 aliphatic rings. The fraction of sp³-hybridized carbons (Fsp3) is 0.235. The predicted molar refractivity (Wildman–Crippen MR) is 88.8 cm³/mol. The number of halogens is 2. The third-order valence-electron chi connectivity index (χ3n) is 3.24. The second kappa shape index (κ2) is 7.03. The second-order valence-electron chi connectivity index (χ2n) is 4.68. The fourth-order valence-electron chi connectivity index (χ4n) is 2.18. The van der Waals surface area contributed by atoms with E-state index in [4.69, 9.17) is 32.7 Å². The third-order valence-corrected chi connectivity index (χ3v) is 3.87. The van der Waals surface area contributed by atoms with E-state index in [0.29, 0.717) is 39.3 Å². The normalized spacial score (nSPS) is 10.4. The summed E-state index contributed by atoms with van der Waals surface area (Å²) in [5.41, 5.74) is 1.54. The van der Waals surface area contributed by atoms with Crippen molar-refractivity contribution in [3.05, 3.63) is 57.1 Å². The Bertz CT molecular complexity index is 691. The van der Waals surface area contributed by atoms with Gasteiger partial charge in [0, 0.05) is 5.56 Å². The van der Waals surface area contributed by atoms with Gasteiger partial charge in [0.05, 0.1) is 29.3 Å². The van der Waals surface area contributed by atoms with Gasteiger partial charge in [-0.25, -0.2) is 0 Å². The van der Waals surface area contributed by atoms with Crippen molar-refractivity contribution in [1.29, 1.82) is 0 Å². The molecule has 0 bridgehead atoms. The van der Waals surface area contributed by atoms with Gasteiger partial charge in [0.25, 0.3) is 0 Å². The first-order chi connectivity index (χ1) is 10.5.